The first-order valence-corrected chi connectivity index (χ1v) is 26.1. The maximum absolute atomic E-state index is 3.75. The van der Waals surface area contributed by atoms with Gasteiger partial charge in [0.2, 0.25) is 0 Å². The monoisotopic (exact) mass is 846 g/mol. The molecule has 2 heterocycles. The summed E-state index contributed by atoms with van der Waals surface area (Å²) >= 11 is 0.0525. The van der Waals surface area contributed by atoms with Crippen molar-refractivity contribution in [2.75, 3.05) is 0 Å². The Morgan fingerprint density at radius 2 is 0.644 bits per heavy atom. The third kappa shape index (κ3) is 5.55. The van der Waals surface area contributed by atoms with Gasteiger partial charge in [-0.3, -0.25) is 0 Å². The van der Waals surface area contributed by atoms with E-state index in [0.29, 0.717) is 0 Å². The first-order valence-electron chi connectivity index (χ1n) is 20.2. The van der Waals surface area contributed by atoms with Crippen molar-refractivity contribution in [3.05, 3.63) is 218 Å². The van der Waals surface area contributed by atoms with Gasteiger partial charge in [-0.25, -0.2) is 0 Å². The standard InChI is InChI=1S/C56H36GeS2/c1-3-13-41-35-45(33-23-37(41)11-1)57(46-34-24-38-12-2-4-14-42(38)36-46,43-29-25-39(26-30-43)47-17-9-19-51-49-15-5-7-21-53(49)58-55(47)51)44-31-27-40(28-32-44)48-18-10-20-52-50-16-6-8-22-54(50)59-56(48)52/h1-36H. The van der Waals surface area contributed by atoms with E-state index in [1.807, 2.05) is 22.7 Å². The fourth-order valence-corrected chi connectivity index (χ4v) is 22.0. The summed E-state index contributed by atoms with van der Waals surface area (Å²) in [5.41, 5.74) is 5.10. The molecule has 0 nitrogen and oxygen atoms in total. The van der Waals surface area contributed by atoms with E-state index in [1.54, 1.807) is 0 Å². The van der Waals surface area contributed by atoms with E-state index < -0.39 is 13.3 Å². The van der Waals surface area contributed by atoms with Gasteiger partial charge in [-0.1, -0.05) is 0 Å². The van der Waals surface area contributed by atoms with Gasteiger partial charge in [0, 0.05) is 0 Å². The van der Waals surface area contributed by atoms with Crippen LogP contribution in [-0.2, 0) is 0 Å². The number of hydrogen-bond acceptors (Lipinski definition) is 2. The zero-order valence-electron chi connectivity index (χ0n) is 32.1. The van der Waals surface area contributed by atoms with E-state index in [4.69, 9.17) is 0 Å². The van der Waals surface area contributed by atoms with Crippen LogP contribution < -0.4 is 17.6 Å². The molecule has 12 aromatic rings. The van der Waals surface area contributed by atoms with Gasteiger partial charge in [-0.2, -0.15) is 0 Å². The summed E-state index contributed by atoms with van der Waals surface area (Å²) in [5.74, 6) is 0. The second-order valence-corrected chi connectivity index (χ2v) is 25.7. The molecule has 0 N–H and O–H groups in total. The van der Waals surface area contributed by atoms with E-state index in [2.05, 4.69) is 218 Å². The first-order chi connectivity index (χ1) is 29.2. The minimum atomic E-state index is -3.75. The molecule has 0 aliphatic carbocycles. The average molecular weight is 846 g/mol. The third-order valence-electron chi connectivity index (χ3n) is 12.4. The molecule has 0 atom stereocenters. The Balaban J connectivity index is 1.10. The van der Waals surface area contributed by atoms with Crippen LogP contribution in [0.4, 0.5) is 0 Å². The number of benzene rings is 10. The van der Waals surface area contributed by atoms with Gasteiger partial charge in [0.15, 0.2) is 0 Å². The van der Waals surface area contributed by atoms with Gasteiger partial charge < -0.3 is 0 Å². The summed E-state index contributed by atoms with van der Waals surface area (Å²) in [5, 5.41) is 10.4. The number of fused-ring (bicyclic) bond motifs is 8. The molecule has 59 heavy (non-hydrogen) atoms. The Morgan fingerprint density at radius 3 is 1.10 bits per heavy atom. The zero-order valence-corrected chi connectivity index (χ0v) is 35.8. The molecular formula is C56H36GeS2. The number of thiophene rings is 2. The van der Waals surface area contributed by atoms with Crippen LogP contribution in [0.15, 0.2) is 218 Å². The average Bonchev–Trinajstić information content (AvgIpc) is 3.89. The van der Waals surface area contributed by atoms with E-state index in [9.17, 15) is 0 Å². The molecule has 0 fully saturated rings. The van der Waals surface area contributed by atoms with Crippen molar-refractivity contribution >= 4 is 115 Å². The summed E-state index contributed by atoms with van der Waals surface area (Å²) in [4.78, 5) is 0. The van der Waals surface area contributed by atoms with Crippen molar-refractivity contribution in [3.8, 4) is 22.3 Å². The summed E-state index contributed by atoms with van der Waals surface area (Å²) in [6, 6.07) is 82.9. The van der Waals surface area contributed by atoms with Crippen LogP contribution in [0, 0.1) is 0 Å². The van der Waals surface area contributed by atoms with E-state index in [0.717, 1.165) is 0 Å². The van der Waals surface area contributed by atoms with Gasteiger partial charge >= 0.3 is 356 Å². The molecule has 0 spiro atoms. The van der Waals surface area contributed by atoms with E-state index >= 15 is 0 Å². The Morgan fingerprint density at radius 1 is 0.271 bits per heavy atom. The van der Waals surface area contributed by atoms with Crippen LogP contribution >= 0.6 is 22.7 Å². The van der Waals surface area contributed by atoms with Crippen molar-refractivity contribution in [3.63, 3.8) is 0 Å². The topological polar surface area (TPSA) is 0 Å². The minimum absolute atomic E-state index is 1.26. The van der Waals surface area contributed by atoms with Crippen LogP contribution in [0.25, 0.3) is 84.1 Å². The summed E-state index contributed by atoms with van der Waals surface area (Å²) in [7, 11) is 0. The molecule has 10 aromatic carbocycles. The Hall–Kier alpha value is -6.30. The summed E-state index contributed by atoms with van der Waals surface area (Å²) in [6.45, 7) is 0. The zero-order chi connectivity index (χ0) is 38.9. The quantitative estimate of drug-likeness (QED) is 0.146. The Kier molecular flexibility index (Phi) is 8.19. The van der Waals surface area contributed by atoms with Crippen LogP contribution in [-0.4, -0.2) is 13.3 Å². The molecule has 2 aromatic heterocycles. The van der Waals surface area contributed by atoms with Crippen LogP contribution in [0.2, 0.25) is 0 Å². The van der Waals surface area contributed by atoms with Crippen molar-refractivity contribution in [1.29, 1.82) is 0 Å². The fourth-order valence-electron chi connectivity index (χ4n) is 9.59. The van der Waals surface area contributed by atoms with Gasteiger partial charge in [-0.05, 0) is 0 Å². The van der Waals surface area contributed by atoms with E-state index in [-0.39, 0.29) is 0 Å². The SMILES string of the molecule is c1ccc2c[c]([Ge]([c]3ccc(-c4cccc5c4sc4ccccc45)cc3)([c]3ccc(-c4cccc5c4sc4ccccc45)cc3)[c]3ccc4ccccc4c3)ccc2c1. The number of hydrogen-bond donors (Lipinski definition) is 0. The molecule has 0 bridgehead atoms. The second kappa shape index (κ2) is 13.9. The fraction of sp³-hybridized carbons (Fsp3) is 0. The molecule has 276 valence electrons. The predicted octanol–water partition coefficient (Wildman–Crippen LogP) is 13.4. The molecule has 0 saturated carbocycles. The van der Waals surface area contributed by atoms with Crippen molar-refractivity contribution in [2.24, 2.45) is 0 Å². The van der Waals surface area contributed by atoms with Crippen LogP contribution in [0.5, 0.6) is 0 Å². The van der Waals surface area contributed by atoms with Gasteiger partial charge in [0.1, 0.15) is 0 Å². The second-order valence-electron chi connectivity index (χ2n) is 15.6. The molecule has 0 aliphatic heterocycles. The Labute approximate surface area is 353 Å². The molecule has 0 radical (unpaired) electrons. The number of rotatable bonds is 6. The van der Waals surface area contributed by atoms with Crippen molar-refractivity contribution in [1.82, 2.24) is 0 Å². The first kappa shape index (κ1) is 34.7. The molecule has 0 aliphatic rings. The van der Waals surface area contributed by atoms with Gasteiger partial charge in [-0.15, -0.1) is 0 Å². The summed E-state index contributed by atoms with van der Waals surface area (Å²) < 4.78 is 11.1. The molecule has 12 rings (SSSR count). The summed E-state index contributed by atoms with van der Waals surface area (Å²) in [6.07, 6.45) is 0. The molecule has 0 amide bonds. The van der Waals surface area contributed by atoms with Crippen molar-refractivity contribution < 1.29 is 0 Å². The van der Waals surface area contributed by atoms with E-state index in [1.165, 1.54) is 102 Å². The van der Waals surface area contributed by atoms with Crippen LogP contribution in [0.1, 0.15) is 0 Å². The molecule has 0 saturated heterocycles. The van der Waals surface area contributed by atoms with Crippen LogP contribution in [0.3, 0.4) is 0 Å². The van der Waals surface area contributed by atoms with Gasteiger partial charge in [0.25, 0.3) is 0 Å². The maximum atomic E-state index is 2.50. The molecule has 3 heteroatoms. The van der Waals surface area contributed by atoms with Crippen molar-refractivity contribution in [2.45, 2.75) is 0 Å². The Bertz CT molecular complexity index is 3320. The third-order valence-corrected chi connectivity index (χ3v) is 24.8. The molecular weight excluding hydrogens is 809 g/mol. The normalized spacial score (nSPS) is 12.1. The predicted molar refractivity (Wildman–Crippen MR) is 262 cm³/mol. The molecule has 0 unspecified atom stereocenters. The van der Waals surface area contributed by atoms with Gasteiger partial charge in [0.05, 0.1) is 0 Å².